The third-order valence-electron chi connectivity index (χ3n) is 5.77. The molecule has 3 fully saturated rings. The van der Waals surface area contributed by atoms with Crippen LogP contribution < -0.4 is 0 Å². The highest BCUT2D eigenvalue weighted by Gasteiger charge is 2.13. The molecule has 3 saturated heterocycles. The monoisotopic (exact) mass is 385 g/mol. The summed E-state index contributed by atoms with van der Waals surface area (Å²) in [7, 11) is 0. The Morgan fingerprint density at radius 2 is 0.769 bits per heavy atom. The van der Waals surface area contributed by atoms with Crippen LogP contribution in [0.15, 0.2) is 0 Å². The molecule has 0 spiro atoms. The summed E-state index contributed by atoms with van der Waals surface area (Å²) in [6, 6.07) is 2.30. The SMILES string of the molecule is CC(C)N1CCCC1.CC(C)N1CCCCC1.CC(C)N1CCSCC1. The van der Waals surface area contributed by atoms with Crippen molar-refractivity contribution in [3.05, 3.63) is 0 Å². The lowest BCUT2D eigenvalue weighted by atomic mass is 10.1. The van der Waals surface area contributed by atoms with E-state index in [2.05, 4.69) is 68.0 Å². The first-order valence-electron chi connectivity index (χ1n) is 11.2. The van der Waals surface area contributed by atoms with Gasteiger partial charge in [0.15, 0.2) is 0 Å². The van der Waals surface area contributed by atoms with Crippen molar-refractivity contribution >= 4 is 11.8 Å². The van der Waals surface area contributed by atoms with E-state index in [4.69, 9.17) is 0 Å². The van der Waals surface area contributed by atoms with Gasteiger partial charge in [-0.15, -0.1) is 0 Å². The van der Waals surface area contributed by atoms with Crippen molar-refractivity contribution in [2.24, 2.45) is 0 Å². The lowest BCUT2D eigenvalue weighted by Crippen LogP contribution is -2.37. The molecule has 0 aliphatic carbocycles. The van der Waals surface area contributed by atoms with Crippen molar-refractivity contribution in [2.45, 2.75) is 91.8 Å². The van der Waals surface area contributed by atoms with Crippen LogP contribution in [0, 0.1) is 0 Å². The van der Waals surface area contributed by atoms with Gasteiger partial charge in [0.25, 0.3) is 0 Å². The molecule has 3 rings (SSSR count). The predicted molar refractivity (Wildman–Crippen MR) is 121 cm³/mol. The fraction of sp³-hybridized carbons (Fsp3) is 1.00. The lowest BCUT2D eigenvalue weighted by Gasteiger charge is -2.29. The molecule has 0 atom stereocenters. The van der Waals surface area contributed by atoms with Gasteiger partial charge in [-0.3, -0.25) is 4.90 Å². The summed E-state index contributed by atoms with van der Waals surface area (Å²) < 4.78 is 0. The van der Waals surface area contributed by atoms with E-state index in [1.165, 1.54) is 82.9 Å². The van der Waals surface area contributed by atoms with Crippen LogP contribution in [0.1, 0.15) is 73.6 Å². The Morgan fingerprint density at radius 3 is 1.04 bits per heavy atom. The Balaban J connectivity index is 0.000000195. The van der Waals surface area contributed by atoms with Crippen molar-refractivity contribution in [1.82, 2.24) is 14.7 Å². The van der Waals surface area contributed by atoms with Crippen LogP contribution in [0.4, 0.5) is 0 Å². The van der Waals surface area contributed by atoms with Crippen molar-refractivity contribution in [1.29, 1.82) is 0 Å². The fourth-order valence-electron chi connectivity index (χ4n) is 3.79. The summed E-state index contributed by atoms with van der Waals surface area (Å²) in [5, 5.41) is 0. The normalized spacial score (nSPS) is 23.0. The van der Waals surface area contributed by atoms with Crippen LogP contribution in [0.5, 0.6) is 0 Å². The van der Waals surface area contributed by atoms with E-state index in [9.17, 15) is 0 Å². The van der Waals surface area contributed by atoms with Crippen molar-refractivity contribution in [3.8, 4) is 0 Å². The molecule has 3 heterocycles. The number of piperidine rings is 1. The quantitative estimate of drug-likeness (QED) is 0.689. The molecule has 3 nitrogen and oxygen atoms in total. The molecule has 26 heavy (non-hydrogen) atoms. The van der Waals surface area contributed by atoms with Gasteiger partial charge in [-0.05, 0) is 93.4 Å². The number of rotatable bonds is 3. The first-order valence-corrected chi connectivity index (χ1v) is 12.4. The van der Waals surface area contributed by atoms with Crippen LogP contribution in [-0.4, -0.2) is 83.6 Å². The van der Waals surface area contributed by atoms with Crippen molar-refractivity contribution in [2.75, 3.05) is 50.8 Å². The van der Waals surface area contributed by atoms with Crippen molar-refractivity contribution < 1.29 is 0 Å². The standard InChI is InChI=1S/C8H17N.C7H15NS.C7H15N/c1-8(2)9-6-4-3-5-7-9;1-7(2)8-3-5-9-6-4-8;1-7(2)8-5-3-4-6-8/h8H,3-7H2,1-2H3;7H,3-6H2,1-2H3;7H,3-6H2,1-2H3. The second-order valence-corrected chi connectivity index (χ2v) is 9.99. The van der Waals surface area contributed by atoms with Gasteiger partial charge in [-0.25, -0.2) is 0 Å². The first kappa shape index (κ1) is 24.3. The first-order chi connectivity index (χ1) is 12.4. The largest absolute Gasteiger partial charge is 0.301 e. The number of nitrogens with zero attached hydrogens (tertiary/aromatic N) is 3. The highest BCUT2D eigenvalue weighted by Crippen LogP contribution is 2.12. The Morgan fingerprint density at radius 1 is 0.462 bits per heavy atom. The van der Waals surface area contributed by atoms with Gasteiger partial charge >= 0.3 is 0 Å². The minimum Gasteiger partial charge on any atom is -0.301 e. The summed E-state index contributed by atoms with van der Waals surface area (Å²) in [6.45, 7) is 21.6. The molecule has 0 N–H and O–H groups in total. The van der Waals surface area contributed by atoms with E-state index in [0.717, 1.165) is 18.1 Å². The summed E-state index contributed by atoms with van der Waals surface area (Å²) in [5.74, 6) is 2.66. The average molecular weight is 386 g/mol. The Hall–Kier alpha value is 0.230. The van der Waals surface area contributed by atoms with Gasteiger partial charge in [-0.1, -0.05) is 6.42 Å². The maximum absolute atomic E-state index is 2.56. The Kier molecular flexibility index (Phi) is 13.3. The summed E-state index contributed by atoms with van der Waals surface area (Å²) >= 11 is 2.07. The summed E-state index contributed by atoms with van der Waals surface area (Å²) in [5.41, 5.74) is 0. The molecule has 0 aromatic carbocycles. The van der Waals surface area contributed by atoms with Gasteiger partial charge in [0, 0.05) is 42.7 Å². The predicted octanol–water partition coefficient (Wildman–Crippen LogP) is 4.81. The molecule has 0 unspecified atom stereocenters. The van der Waals surface area contributed by atoms with Crippen LogP contribution in [-0.2, 0) is 0 Å². The maximum atomic E-state index is 2.56. The molecule has 3 aliphatic heterocycles. The number of hydrogen-bond acceptors (Lipinski definition) is 4. The van der Waals surface area contributed by atoms with Crippen LogP contribution >= 0.6 is 11.8 Å². The van der Waals surface area contributed by atoms with E-state index in [1.807, 2.05) is 0 Å². The zero-order valence-electron chi connectivity index (χ0n) is 18.7. The van der Waals surface area contributed by atoms with E-state index < -0.39 is 0 Å². The van der Waals surface area contributed by atoms with Crippen LogP contribution in [0.3, 0.4) is 0 Å². The van der Waals surface area contributed by atoms with E-state index in [-0.39, 0.29) is 0 Å². The molecule has 0 radical (unpaired) electrons. The lowest BCUT2D eigenvalue weighted by molar-refractivity contribution is 0.185. The summed E-state index contributed by atoms with van der Waals surface area (Å²) in [4.78, 5) is 7.62. The third kappa shape index (κ3) is 10.5. The third-order valence-corrected chi connectivity index (χ3v) is 6.71. The molecular formula is C22H47N3S. The van der Waals surface area contributed by atoms with E-state index in [1.54, 1.807) is 0 Å². The molecular weight excluding hydrogens is 338 g/mol. The second-order valence-electron chi connectivity index (χ2n) is 8.77. The molecule has 3 aliphatic rings. The Bertz CT molecular complexity index is 293. The second kappa shape index (κ2) is 14.3. The number of hydrogen-bond donors (Lipinski definition) is 0. The molecule has 0 saturated carbocycles. The zero-order valence-corrected chi connectivity index (χ0v) is 19.5. The highest BCUT2D eigenvalue weighted by atomic mass is 32.2. The van der Waals surface area contributed by atoms with Gasteiger partial charge < -0.3 is 9.80 Å². The van der Waals surface area contributed by atoms with Crippen LogP contribution in [0.2, 0.25) is 0 Å². The average Bonchev–Trinajstić information content (AvgIpc) is 3.19. The molecule has 0 aromatic heterocycles. The zero-order chi connectivity index (χ0) is 19.4. The molecule has 0 aromatic rings. The fourth-order valence-corrected chi connectivity index (χ4v) is 4.72. The van der Waals surface area contributed by atoms with Gasteiger partial charge in [0.2, 0.25) is 0 Å². The molecule has 156 valence electrons. The van der Waals surface area contributed by atoms with Gasteiger partial charge in [0.1, 0.15) is 0 Å². The Labute approximate surface area is 169 Å². The number of likely N-dealkylation sites (tertiary alicyclic amines) is 2. The smallest absolute Gasteiger partial charge is 0.00754 e. The van der Waals surface area contributed by atoms with E-state index in [0.29, 0.717) is 0 Å². The number of thioether (sulfide) groups is 1. The minimum atomic E-state index is 0.755. The molecule has 0 bridgehead atoms. The molecule has 4 heteroatoms. The van der Waals surface area contributed by atoms with Gasteiger partial charge in [0.05, 0.1) is 0 Å². The van der Waals surface area contributed by atoms with Crippen LogP contribution in [0.25, 0.3) is 0 Å². The van der Waals surface area contributed by atoms with Crippen molar-refractivity contribution in [3.63, 3.8) is 0 Å². The summed E-state index contributed by atoms with van der Waals surface area (Å²) in [6.07, 6.45) is 7.11. The van der Waals surface area contributed by atoms with Gasteiger partial charge in [-0.2, -0.15) is 11.8 Å². The minimum absolute atomic E-state index is 0.755. The molecule has 0 amide bonds. The van der Waals surface area contributed by atoms with E-state index >= 15 is 0 Å². The topological polar surface area (TPSA) is 9.72 Å². The maximum Gasteiger partial charge on any atom is 0.00754 e. The highest BCUT2D eigenvalue weighted by molar-refractivity contribution is 7.99.